The van der Waals surface area contributed by atoms with Crippen LogP contribution >= 0.6 is 11.3 Å². The number of halogens is 1. The van der Waals surface area contributed by atoms with Crippen LogP contribution in [0.1, 0.15) is 16.1 Å². The molecule has 0 unspecified atom stereocenters. The minimum atomic E-state index is -0.316. The lowest BCUT2D eigenvalue weighted by Gasteiger charge is -2.03. The molecule has 5 heteroatoms. The van der Waals surface area contributed by atoms with E-state index in [9.17, 15) is 9.18 Å². The van der Waals surface area contributed by atoms with Crippen molar-refractivity contribution in [2.24, 2.45) is 0 Å². The number of thiazole rings is 1. The minimum Gasteiger partial charge on any atom is -0.321 e. The Morgan fingerprint density at radius 1 is 1.22 bits per heavy atom. The van der Waals surface area contributed by atoms with Gasteiger partial charge in [-0.2, -0.15) is 0 Å². The predicted octanol–water partition coefficient (Wildman–Crippen LogP) is 4.18. The quantitative estimate of drug-likeness (QED) is 0.735. The Morgan fingerprint density at radius 2 is 2.00 bits per heavy atom. The summed E-state index contributed by atoms with van der Waals surface area (Å²) in [7, 11) is 0. The van der Waals surface area contributed by atoms with Gasteiger partial charge in [-0.05, 0) is 42.5 Å². The van der Waals surface area contributed by atoms with Gasteiger partial charge in [0.15, 0.2) is 0 Å². The molecule has 1 amide bonds. The summed E-state index contributed by atoms with van der Waals surface area (Å²) < 4.78 is 12.9. The third-order valence-electron chi connectivity index (χ3n) is 3.12. The number of rotatable bonds is 3. The van der Waals surface area contributed by atoms with E-state index in [1.54, 1.807) is 41.8 Å². The molecule has 0 aliphatic heterocycles. The van der Waals surface area contributed by atoms with Crippen molar-refractivity contribution < 1.29 is 9.18 Å². The number of anilines is 1. The molecule has 0 aliphatic rings. The van der Waals surface area contributed by atoms with Crippen molar-refractivity contribution >= 4 is 22.9 Å². The van der Waals surface area contributed by atoms with Gasteiger partial charge in [0.2, 0.25) is 0 Å². The molecule has 1 aromatic heterocycles. The van der Waals surface area contributed by atoms with Crippen molar-refractivity contribution in [2.75, 3.05) is 5.32 Å². The number of amides is 1. The van der Waals surface area contributed by atoms with Gasteiger partial charge in [-0.15, -0.1) is 17.8 Å². The molecule has 0 saturated carbocycles. The first kappa shape index (κ1) is 14.9. The van der Waals surface area contributed by atoms with Crippen LogP contribution in [0.4, 0.5) is 10.1 Å². The monoisotopic (exact) mass is 322 g/mol. The third kappa shape index (κ3) is 3.44. The zero-order valence-electron chi connectivity index (χ0n) is 11.9. The number of nitrogens with one attached hydrogen (secondary N) is 1. The maximum Gasteiger partial charge on any atom is 0.275 e. The summed E-state index contributed by atoms with van der Waals surface area (Å²) in [6.07, 6.45) is 5.34. The highest BCUT2D eigenvalue weighted by molar-refractivity contribution is 7.13. The lowest BCUT2D eigenvalue weighted by molar-refractivity contribution is 0.102. The highest BCUT2D eigenvalue weighted by Gasteiger charge is 2.12. The summed E-state index contributed by atoms with van der Waals surface area (Å²) in [4.78, 5) is 16.5. The number of benzene rings is 2. The van der Waals surface area contributed by atoms with Gasteiger partial charge < -0.3 is 5.32 Å². The SMILES string of the molecule is C#Cc1cccc(NC(=O)c2csc(-c3ccc(F)cc3)n2)c1. The van der Waals surface area contributed by atoms with E-state index < -0.39 is 0 Å². The number of terminal acetylenes is 1. The molecule has 0 saturated heterocycles. The Hall–Kier alpha value is -2.97. The van der Waals surface area contributed by atoms with Crippen LogP contribution in [0.5, 0.6) is 0 Å². The van der Waals surface area contributed by atoms with Crippen molar-refractivity contribution in [3.63, 3.8) is 0 Å². The molecular weight excluding hydrogens is 311 g/mol. The predicted molar refractivity (Wildman–Crippen MR) is 89.8 cm³/mol. The number of nitrogens with zero attached hydrogens (tertiary/aromatic N) is 1. The Morgan fingerprint density at radius 3 is 2.74 bits per heavy atom. The summed E-state index contributed by atoms with van der Waals surface area (Å²) in [5, 5.41) is 5.08. The number of aromatic nitrogens is 1. The van der Waals surface area contributed by atoms with Gasteiger partial charge in [-0.1, -0.05) is 12.0 Å². The molecule has 1 N–H and O–H groups in total. The van der Waals surface area contributed by atoms with Crippen molar-refractivity contribution in [1.82, 2.24) is 4.98 Å². The normalized spacial score (nSPS) is 10.1. The number of hydrogen-bond donors (Lipinski definition) is 1. The van der Waals surface area contributed by atoms with E-state index in [1.807, 2.05) is 0 Å². The van der Waals surface area contributed by atoms with E-state index in [2.05, 4.69) is 16.2 Å². The highest BCUT2D eigenvalue weighted by atomic mass is 32.1. The fourth-order valence-corrected chi connectivity index (χ4v) is 2.79. The molecule has 3 rings (SSSR count). The molecule has 3 aromatic rings. The number of hydrogen-bond acceptors (Lipinski definition) is 3. The average molecular weight is 322 g/mol. The van der Waals surface area contributed by atoms with Crippen LogP contribution in [0.3, 0.4) is 0 Å². The van der Waals surface area contributed by atoms with Crippen molar-refractivity contribution in [1.29, 1.82) is 0 Å². The van der Waals surface area contributed by atoms with Crippen molar-refractivity contribution in [3.05, 3.63) is 71.0 Å². The van der Waals surface area contributed by atoms with Gasteiger partial charge in [-0.3, -0.25) is 4.79 Å². The second-order valence-electron chi connectivity index (χ2n) is 4.72. The molecule has 0 aliphatic carbocycles. The van der Waals surface area contributed by atoms with E-state index in [0.29, 0.717) is 22.0 Å². The fraction of sp³-hybridized carbons (Fsp3) is 0. The molecule has 23 heavy (non-hydrogen) atoms. The van der Waals surface area contributed by atoms with Crippen LogP contribution in [0.25, 0.3) is 10.6 Å². The highest BCUT2D eigenvalue weighted by Crippen LogP contribution is 2.24. The molecule has 0 spiro atoms. The van der Waals surface area contributed by atoms with Gasteiger partial charge in [0, 0.05) is 22.2 Å². The summed E-state index contributed by atoms with van der Waals surface area (Å²) in [6, 6.07) is 13.0. The van der Waals surface area contributed by atoms with Crippen LogP contribution in [-0.4, -0.2) is 10.9 Å². The molecule has 0 atom stereocenters. The van der Waals surface area contributed by atoms with Crippen molar-refractivity contribution in [3.8, 4) is 22.9 Å². The summed E-state index contributed by atoms with van der Waals surface area (Å²) in [6.45, 7) is 0. The molecule has 0 bridgehead atoms. The Labute approximate surface area is 136 Å². The zero-order valence-corrected chi connectivity index (χ0v) is 12.7. The first-order chi connectivity index (χ1) is 11.2. The molecule has 1 heterocycles. The number of carbonyl (C=O) groups is 1. The van der Waals surface area contributed by atoms with E-state index in [4.69, 9.17) is 6.42 Å². The Bertz CT molecular complexity index is 894. The molecular formula is C18H11FN2OS. The van der Waals surface area contributed by atoms with Crippen LogP contribution in [0, 0.1) is 18.2 Å². The second kappa shape index (κ2) is 6.42. The van der Waals surface area contributed by atoms with Gasteiger partial charge in [0.1, 0.15) is 16.5 Å². The van der Waals surface area contributed by atoms with E-state index in [0.717, 1.165) is 5.56 Å². The molecule has 0 radical (unpaired) electrons. The zero-order chi connectivity index (χ0) is 16.2. The van der Waals surface area contributed by atoms with E-state index >= 15 is 0 Å². The largest absolute Gasteiger partial charge is 0.321 e. The van der Waals surface area contributed by atoms with Crippen LogP contribution < -0.4 is 5.32 Å². The number of carbonyl (C=O) groups excluding carboxylic acids is 1. The van der Waals surface area contributed by atoms with Gasteiger partial charge in [0.05, 0.1) is 0 Å². The lowest BCUT2D eigenvalue weighted by atomic mass is 10.2. The first-order valence-electron chi connectivity index (χ1n) is 6.75. The standard InChI is InChI=1S/C18H11FN2OS/c1-2-12-4-3-5-15(10-12)20-17(22)16-11-23-18(21-16)13-6-8-14(19)9-7-13/h1,3-11H,(H,20,22). The molecule has 0 fully saturated rings. The van der Waals surface area contributed by atoms with Gasteiger partial charge in [0.25, 0.3) is 5.91 Å². The smallest absolute Gasteiger partial charge is 0.275 e. The summed E-state index contributed by atoms with van der Waals surface area (Å²) in [5.41, 5.74) is 2.38. The fourth-order valence-electron chi connectivity index (χ4n) is 1.98. The Balaban J connectivity index is 1.78. The summed E-state index contributed by atoms with van der Waals surface area (Å²) >= 11 is 1.33. The third-order valence-corrected chi connectivity index (χ3v) is 4.01. The first-order valence-corrected chi connectivity index (χ1v) is 7.63. The molecule has 2 aromatic carbocycles. The van der Waals surface area contributed by atoms with Gasteiger partial charge in [-0.25, -0.2) is 9.37 Å². The minimum absolute atomic E-state index is 0.306. The maximum atomic E-state index is 12.9. The Kier molecular flexibility index (Phi) is 4.18. The van der Waals surface area contributed by atoms with Crippen LogP contribution in [-0.2, 0) is 0 Å². The maximum absolute atomic E-state index is 12.9. The lowest BCUT2D eigenvalue weighted by Crippen LogP contribution is -2.12. The van der Waals surface area contributed by atoms with E-state index in [-0.39, 0.29) is 11.7 Å². The van der Waals surface area contributed by atoms with Crippen molar-refractivity contribution in [2.45, 2.75) is 0 Å². The van der Waals surface area contributed by atoms with E-state index in [1.165, 1.54) is 23.5 Å². The van der Waals surface area contributed by atoms with Gasteiger partial charge >= 0.3 is 0 Å². The summed E-state index contributed by atoms with van der Waals surface area (Å²) in [5.74, 6) is 1.89. The van der Waals surface area contributed by atoms with Crippen LogP contribution in [0.2, 0.25) is 0 Å². The molecule has 112 valence electrons. The second-order valence-corrected chi connectivity index (χ2v) is 5.58. The van der Waals surface area contributed by atoms with Crippen LogP contribution in [0.15, 0.2) is 53.9 Å². The topological polar surface area (TPSA) is 42.0 Å². The average Bonchev–Trinajstić information content (AvgIpc) is 3.06. The molecule has 3 nitrogen and oxygen atoms in total.